The molecular formula is C17H26N6O2S. The molecular weight excluding hydrogens is 352 g/mol. The second-order valence-electron chi connectivity index (χ2n) is 6.82. The molecule has 3 heterocycles. The summed E-state index contributed by atoms with van der Waals surface area (Å²) in [5.74, 6) is 0.961. The van der Waals surface area contributed by atoms with Crippen molar-refractivity contribution in [1.82, 2.24) is 30.0 Å². The van der Waals surface area contributed by atoms with Gasteiger partial charge < -0.3 is 9.64 Å². The largest absolute Gasteiger partial charge is 0.383 e. The van der Waals surface area contributed by atoms with Crippen molar-refractivity contribution in [2.24, 2.45) is 0 Å². The Morgan fingerprint density at radius 3 is 3.00 bits per heavy atom. The molecule has 1 fully saturated rings. The first-order chi connectivity index (χ1) is 12.6. The number of amides is 1. The van der Waals surface area contributed by atoms with Crippen molar-refractivity contribution in [2.75, 3.05) is 40.9 Å². The first kappa shape index (κ1) is 18.9. The summed E-state index contributed by atoms with van der Waals surface area (Å²) in [6, 6.07) is 3.99. The zero-order valence-corrected chi connectivity index (χ0v) is 16.4. The molecule has 0 saturated carbocycles. The van der Waals surface area contributed by atoms with Gasteiger partial charge in [-0.1, -0.05) is 6.07 Å². The van der Waals surface area contributed by atoms with E-state index < -0.39 is 0 Å². The number of hydrogen-bond acceptors (Lipinski definition) is 7. The van der Waals surface area contributed by atoms with E-state index in [2.05, 4.69) is 20.4 Å². The van der Waals surface area contributed by atoms with E-state index in [0.717, 1.165) is 30.1 Å². The molecule has 0 bridgehead atoms. The number of likely N-dealkylation sites (N-methyl/N-ethyl adjacent to an activating group) is 1. The van der Waals surface area contributed by atoms with Gasteiger partial charge in [0.25, 0.3) is 0 Å². The molecule has 1 saturated heterocycles. The minimum atomic E-state index is -0.388. The lowest BCUT2D eigenvalue weighted by Gasteiger charge is -2.45. The van der Waals surface area contributed by atoms with Crippen LogP contribution in [0.3, 0.4) is 0 Å². The minimum Gasteiger partial charge on any atom is -0.383 e. The fraction of sp³-hybridized carbons (Fsp3) is 0.647. The number of tetrazole rings is 1. The first-order valence-corrected chi connectivity index (χ1v) is 9.68. The summed E-state index contributed by atoms with van der Waals surface area (Å²) in [5, 5.41) is 14.4. The SMILES string of the molecule is COCCn1nnnc1C1(N(C)C)CCCN(C(=O)Cc2cccs2)C1. The van der Waals surface area contributed by atoms with Crippen molar-refractivity contribution >= 4 is 17.2 Å². The minimum absolute atomic E-state index is 0.161. The highest BCUT2D eigenvalue weighted by molar-refractivity contribution is 7.10. The second-order valence-corrected chi connectivity index (χ2v) is 7.85. The number of ether oxygens (including phenoxy) is 1. The summed E-state index contributed by atoms with van der Waals surface area (Å²) in [4.78, 5) is 18.0. The van der Waals surface area contributed by atoms with E-state index in [0.29, 0.717) is 26.1 Å². The van der Waals surface area contributed by atoms with Crippen LogP contribution in [0.25, 0.3) is 0 Å². The number of likely N-dealkylation sites (tertiary alicyclic amines) is 1. The molecule has 1 aliphatic rings. The van der Waals surface area contributed by atoms with Crippen molar-refractivity contribution in [1.29, 1.82) is 0 Å². The van der Waals surface area contributed by atoms with E-state index in [4.69, 9.17) is 4.74 Å². The summed E-state index contributed by atoms with van der Waals surface area (Å²) >= 11 is 1.62. The van der Waals surface area contributed by atoms with Crippen LogP contribution >= 0.6 is 11.3 Å². The molecule has 3 rings (SSSR count). The first-order valence-electron chi connectivity index (χ1n) is 8.80. The highest BCUT2D eigenvalue weighted by Crippen LogP contribution is 2.35. The predicted molar refractivity (Wildman–Crippen MR) is 98.9 cm³/mol. The molecule has 0 radical (unpaired) electrons. The van der Waals surface area contributed by atoms with Gasteiger partial charge in [0.15, 0.2) is 5.82 Å². The molecule has 0 spiro atoms. The average Bonchev–Trinajstić information content (AvgIpc) is 3.31. The number of methoxy groups -OCH3 is 1. The van der Waals surface area contributed by atoms with E-state index in [9.17, 15) is 4.79 Å². The Morgan fingerprint density at radius 1 is 1.46 bits per heavy atom. The van der Waals surface area contributed by atoms with Gasteiger partial charge in [0.2, 0.25) is 5.91 Å². The van der Waals surface area contributed by atoms with Crippen LogP contribution in [0.2, 0.25) is 0 Å². The van der Waals surface area contributed by atoms with Gasteiger partial charge in [-0.2, -0.15) is 0 Å². The van der Waals surface area contributed by atoms with Gasteiger partial charge >= 0.3 is 0 Å². The Labute approximate surface area is 157 Å². The lowest BCUT2D eigenvalue weighted by atomic mass is 9.86. The van der Waals surface area contributed by atoms with E-state index in [1.165, 1.54) is 0 Å². The number of rotatable bonds is 7. The molecule has 8 nitrogen and oxygen atoms in total. The quantitative estimate of drug-likeness (QED) is 0.716. The Morgan fingerprint density at radius 2 is 2.31 bits per heavy atom. The van der Waals surface area contributed by atoms with E-state index in [1.807, 2.05) is 36.5 Å². The normalized spacial score (nSPS) is 20.7. The molecule has 2 aromatic heterocycles. The Balaban J connectivity index is 1.82. The zero-order chi connectivity index (χ0) is 18.6. The molecule has 0 aromatic carbocycles. The van der Waals surface area contributed by atoms with Gasteiger partial charge in [0, 0.05) is 25.1 Å². The third kappa shape index (κ3) is 3.79. The van der Waals surface area contributed by atoms with Crippen LogP contribution in [0.1, 0.15) is 23.5 Å². The zero-order valence-electron chi connectivity index (χ0n) is 15.6. The van der Waals surface area contributed by atoms with Crippen molar-refractivity contribution in [2.45, 2.75) is 31.3 Å². The van der Waals surface area contributed by atoms with E-state index in [-0.39, 0.29) is 11.4 Å². The van der Waals surface area contributed by atoms with E-state index in [1.54, 1.807) is 23.1 Å². The van der Waals surface area contributed by atoms with Crippen molar-refractivity contribution in [3.63, 3.8) is 0 Å². The standard InChI is InChI=1S/C17H26N6O2S/c1-21(2)17(16-18-19-20-23(16)9-10-25-3)7-5-8-22(13-17)15(24)12-14-6-4-11-26-14/h4,6,11H,5,7-10,12-13H2,1-3H3. The second kappa shape index (κ2) is 8.24. The van der Waals surface area contributed by atoms with Crippen molar-refractivity contribution in [3.05, 3.63) is 28.2 Å². The number of aromatic nitrogens is 4. The van der Waals surface area contributed by atoms with Gasteiger partial charge in [-0.25, -0.2) is 4.68 Å². The molecule has 1 atom stereocenters. The lowest BCUT2D eigenvalue weighted by Crippen LogP contribution is -2.56. The molecule has 0 N–H and O–H groups in total. The number of hydrogen-bond donors (Lipinski definition) is 0. The highest BCUT2D eigenvalue weighted by atomic mass is 32.1. The number of carbonyl (C=O) groups excluding carboxylic acids is 1. The van der Waals surface area contributed by atoms with Gasteiger partial charge in [-0.15, -0.1) is 16.4 Å². The van der Waals surface area contributed by atoms with Gasteiger partial charge in [0.1, 0.15) is 5.54 Å². The summed E-state index contributed by atoms with van der Waals surface area (Å²) in [6.45, 7) is 2.51. The highest BCUT2D eigenvalue weighted by Gasteiger charge is 2.44. The van der Waals surface area contributed by atoms with Crippen LogP contribution in [0.5, 0.6) is 0 Å². The van der Waals surface area contributed by atoms with Crippen LogP contribution in [-0.4, -0.2) is 76.8 Å². The van der Waals surface area contributed by atoms with Gasteiger partial charge in [-0.3, -0.25) is 9.69 Å². The van der Waals surface area contributed by atoms with Crippen molar-refractivity contribution in [3.8, 4) is 0 Å². The molecule has 1 amide bonds. The van der Waals surface area contributed by atoms with Crippen LogP contribution in [0, 0.1) is 0 Å². The summed E-state index contributed by atoms with van der Waals surface area (Å²) < 4.78 is 6.98. The molecule has 9 heteroatoms. The van der Waals surface area contributed by atoms with Crippen LogP contribution in [0.4, 0.5) is 0 Å². The molecule has 1 aliphatic heterocycles. The number of nitrogens with zero attached hydrogens (tertiary/aromatic N) is 6. The van der Waals surface area contributed by atoms with Crippen LogP contribution in [-0.2, 0) is 28.0 Å². The summed E-state index contributed by atoms with van der Waals surface area (Å²) in [6.07, 6.45) is 2.29. The predicted octanol–water partition coefficient (Wildman–Crippen LogP) is 1.00. The summed E-state index contributed by atoms with van der Waals surface area (Å²) in [5.41, 5.74) is -0.388. The third-order valence-electron chi connectivity index (χ3n) is 5.04. The Hall–Kier alpha value is -1.84. The maximum Gasteiger partial charge on any atom is 0.227 e. The van der Waals surface area contributed by atoms with Crippen molar-refractivity contribution < 1.29 is 9.53 Å². The third-order valence-corrected chi connectivity index (χ3v) is 5.92. The maximum atomic E-state index is 12.8. The lowest BCUT2D eigenvalue weighted by molar-refractivity contribution is -0.134. The Kier molecular flexibility index (Phi) is 6.00. The van der Waals surface area contributed by atoms with Crippen LogP contribution < -0.4 is 0 Å². The number of piperidine rings is 1. The van der Waals surface area contributed by atoms with E-state index >= 15 is 0 Å². The smallest absolute Gasteiger partial charge is 0.227 e. The number of thiophene rings is 1. The summed E-state index contributed by atoms with van der Waals surface area (Å²) in [7, 11) is 5.72. The van der Waals surface area contributed by atoms with Gasteiger partial charge in [-0.05, 0) is 48.8 Å². The molecule has 2 aromatic rings. The maximum absolute atomic E-state index is 12.8. The molecule has 0 aliphatic carbocycles. The number of carbonyl (C=O) groups is 1. The molecule has 26 heavy (non-hydrogen) atoms. The average molecular weight is 379 g/mol. The fourth-order valence-electron chi connectivity index (χ4n) is 3.54. The monoisotopic (exact) mass is 378 g/mol. The fourth-order valence-corrected chi connectivity index (χ4v) is 4.23. The van der Waals surface area contributed by atoms with Crippen LogP contribution in [0.15, 0.2) is 17.5 Å². The Bertz CT molecular complexity index is 717. The topological polar surface area (TPSA) is 76.4 Å². The molecule has 142 valence electrons. The molecule has 1 unspecified atom stereocenters. The van der Waals surface area contributed by atoms with Gasteiger partial charge in [0.05, 0.1) is 19.6 Å².